The number of halogens is 1. The molecule has 0 fully saturated rings. The lowest BCUT2D eigenvalue weighted by Gasteiger charge is -2.25. The lowest BCUT2D eigenvalue weighted by Crippen LogP contribution is -2.35. The molecule has 0 saturated heterocycles. The molecule has 118 valence electrons. The highest BCUT2D eigenvalue weighted by atomic mass is 35.5. The van der Waals surface area contributed by atoms with Gasteiger partial charge in [0.15, 0.2) is 0 Å². The smallest absolute Gasteiger partial charge is 0.238 e. The molecule has 0 saturated carbocycles. The molecule has 0 atom stereocenters. The highest BCUT2D eigenvalue weighted by molar-refractivity contribution is 6.33. The third-order valence-corrected chi connectivity index (χ3v) is 3.82. The zero-order valence-electron chi connectivity index (χ0n) is 13.3. The van der Waals surface area contributed by atoms with Gasteiger partial charge in [-0.1, -0.05) is 63.8 Å². The zero-order chi connectivity index (χ0) is 15.7. The molecule has 0 aliphatic heterocycles. The summed E-state index contributed by atoms with van der Waals surface area (Å²) in [4.78, 5) is 11.9. The molecule has 0 heterocycles. The lowest BCUT2D eigenvalue weighted by atomic mass is 9.87. The summed E-state index contributed by atoms with van der Waals surface area (Å²) in [5.74, 6) is -0.0625. The Labute approximate surface area is 133 Å². The van der Waals surface area contributed by atoms with Crippen LogP contribution in [0.2, 0.25) is 5.02 Å². The van der Waals surface area contributed by atoms with Crippen molar-refractivity contribution in [1.82, 2.24) is 5.32 Å². The van der Waals surface area contributed by atoms with Gasteiger partial charge in [0.05, 0.1) is 17.3 Å². The number of carbonyl (C=O) groups excluding carboxylic acids is 1. The van der Waals surface area contributed by atoms with Crippen LogP contribution >= 0.6 is 11.6 Å². The second-order valence-corrected chi connectivity index (χ2v) is 6.66. The third-order valence-electron chi connectivity index (χ3n) is 3.49. The highest BCUT2D eigenvalue weighted by Gasteiger charge is 2.17. The van der Waals surface area contributed by atoms with E-state index in [0.717, 1.165) is 6.54 Å². The molecule has 0 aliphatic rings. The van der Waals surface area contributed by atoms with Gasteiger partial charge in [0, 0.05) is 6.54 Å². The van der Waals surface area contributed by atoms with E-state index in [2.05, 4.69) is 31.4 Å². The van der Waals surface area contributed by atoms with Crippen LogP contribution in [0.4, 0.5) is 5.69 Å². The van der Waals surface area contributed by atoms with E-state index in [-0.39, 0.29) is 11.3 Å². The standard InChI is InChI=1S/C17H27ClN2O/c1-4-5-8-11-17(2,3)13-19-12-16(21)20-15-10-7-6-9-14(15)18/h6-7,9-10,19H,4-5,8,11-13H2,1-3H3,(H,20,21). The molecule has 4 heteroatoms. The zero-order valence-corrected chi connectivity index (χ0v) is 14.1. The van der Waals surface area contributed by atoms with Gasteiger partial charge in [-0.2, -0.15) is 0 Å². The topological polar surface area (TPSA) is 41.1 Å². The van der Waals surface area contributed by atoms with E-state index in [1.54, 1.807) is 12.1 Å². The predicted molar refractivity (Wildman–Crippen MR) is 90.9 cm³/mol. The van der Waals surface area contributed by atoms with Gasteiger partial charge in [0.25, 0.3) is 0 Å². The number of nitrogens with one attached hydrogen (secondary N) is 2. The maximum Gasteiger partial charge on any atom is 0.238 e. The molecule has 21 heavy (non-hydrogen) atoms. The summed E-state index contributed by atoms with van der Waals surface area (Å²) >= 11 is 6.01. The van der Waals surface area contributed by atoms with Crippen molar-refractivity contribution < 1.29 is 4.79 Å². The molecule has 0 aromatic heterocycles. The van der Waals surface area contributed by atoms with Crippen LogP contribution < -0.4 is 10.6 Å². The molecule has 1 aromatic carbocycles. The van der Waals surface area contributed by atoms with E-state index in [0.29, 0.717) is 17.3 Å². The number of unbranched alkanes of at least 4 members (excludes halogenated alkanes) is 2. The number of para-hydroxylation sites is 1. The molecule has 3 nitrogen and oxygen atoms in total. The van der Waals surface area contributed by atoms with Crippen molar-refractivity contribution in [2.45, 2.75) is 46.5 Å². The van der Waals surface area contributed by atoms with Crippen LogP contribution in [0.5, 0.6) is 0 Å². The average molecular weight is 311 g/mol. The number of benzene rings is 1. The SMILES string of the molecule is CCCCCC(C)(C)CNCC(=O)Nc1ccccc1Cl. The number of rotatable bonds is 9. The summed E-state index contributed by atoms with van der Waals surface area (Å²) in [5, 5.41) is 6.61. The normalized spacial score (nSPS) is 11.4. The number of carbonyl (C=O) groups is 1. The van der Waals surface area contributed by atoms with Gasteiger partial charge in [0.1, 0.15) is 0 Å². The molecule has 1 aromatic rings. The summed E-state index contributed by atoms with van der Waals surface area (Å²) in [6.45, 7) is 7.84. The maximum atomic E-state index is 11.9. The Morgan fingerprint density at radius 2 is 1.95 bits per heavy atom. The first-order valence-electron chi connectivity index (χ1n) is 7.70. The van der Waals surface area contributed by atoms with Gasteiger partial charge in [-0.15, -0.1) is 0 Å². The lowest BCUT2D eigenvalue weighted by molar-refractivity contribution is -0.115. The van der Waals surface area contributed by atoms with Crippen LogP contribution in [0.25, 0.3) is 0 Å². The molecule has 2 N–H and O–H groups in total. The molecule has 0 unspecified atom stereocenters. The van der Waals surface area contributed by atoms with E-state index in [4.69, 9.17) is 11.6 Å². The van der Waals surface area contributed by atoms with E-state index < -0.39 is 0 Å². The Morgan fingerprint density at radius 3 is 2.62 bits per heavy atom. The second-order valence-electron chi connectivity index (χ2n) is 6.25. The van der Waals surface area contributed by atoms with Crippen molar-refractivity contribution in [3.8, 4) is 0 Å². The van der Waals surface area contributed by atoms with Crippen LogP contribution in [0.3, 0.4) is 0 Å². The van der Waals surface area contributed by atoms with Gasteiger partial charge in [-0.25, -0.2) is 0 Å². The van der Waals surface area contributed by atoms with Crippen LogP contribution in [-0.4, -0.2) is 19.0 Å². The largest absolute Gasteiger partial charge is 0.324 e. The van der Waals surface area contributed by atoms with Crippen molar-refractivity contribution in [2.75, 3.05) is 18.4 Å². The molecular formula is C17H27ClN2O. The molecule has 0 bridgehead atoms. The highest BCUT2D eigenvalue weighted by Crippen LogP contribution is 2.23. The van der Waals surface area contributed by atoms with Crippen molar-refractivity contribution in [3.63, 3.8) is 0 Å². The Balaban J connectivity index is 2.28. The molecule has 0 radical (unpaired) electrons. The summed E-state index contributed by atoms with van der Waals surface area (Å²) in [6.07, 6.45) is 4.94. The van der Waals surface area contributed by atoms with Crippen molar-refractivity contribution >= 4 is 23.2 Å². The minimum absolute atomic E-state index is 0.0625. The molecular weight excluding hydrogens is 284 g/mol. The molecule has 1 rings (SSSR count). The predicted octanol–water partition coefficient (Wildman–Crippen LogP) is 4.47. The minimum Gasteiger partial charge on any atom is -0.324 e. The van der Waals surface area contributed by atoms with Gasteiger partial charge in [-0.05, 0) is 24.0 Å². The minimum atomic E-state index is -0.0625. The Kier molecular flexibility index (Phi) is 7.76. The molecule has 0 spiro atoms. The second kappa shape index (κ2) is 9.06. The van der Waals surface area contributed by atoms with Crippen LogP contribution in [0.15, 0.2) is 24.3 Å². The van der Waals surface area contributed by atoms with Gasteiger partial charge in [0.2, 0.25) is 5.91 Å². The van der Waals surface area contributed by atoms with Crippen molar-refractivity contribution in [1.29, 1.82) is 0 Å². The number of anilines is 1. The summed E-state index contributed by atoms with van der Waals surface area (Å²) in [6, 6.07) is 7.26. The van der Waals surface area contributed by atoms with Crippen LogP contribution in [0.1, 0.15) is 46.5 Å². The summed E-state index contributed by atoms with van der Waals surface area (Å²) in [5.41, 5.74) is 0.882. The van der Waals surface area contributed by atoms with Crippen molar-refractivity contribution in [2.24, 2.45) is 5.41 Å². The molecule has 1 amide bonds. The summed E-state index contributed by atoms with van der Waals surface area (Å²) < 4.78 is 0. The van der Waals surface area contributed by atoms with Gasteiger partial charge in [-0.3, -0.25) is 4.79 Å². The first-order chi connectivity index (χ1) is 9.94. The first-order valence-corrected chi connectivity index (χ1v) is 8.07. The average Bonchev–Trinajstić information content (AvgIpc) is 2.41. The first kappa shape index (κ1) is 18.0. The number of amides is 1. The summed E-state index contributed by atoms with van der Waals surface area (Å²) in [7, 11) is 0. The van der Waals surface area contributed by atoms with E-state index in [1.165, 1.54) is 25.7 Å². The Morgan fingerprint density at radius 1 is 1.24 bits per heavy atom. The Bertz CT molecular complexity index is 446. The van der Waals surface area contributed by atoms with Gasteiger partial charge < -0.3 is 10.6 Å². The van der Waals surface area contributed by atoms with E-state index >= 15 is 0 Å². The fourth-order valence-corrected chi connectivity index (χ4v) is 2.40. The number of hydrogen-bond acceptors (Lipinski definition) is 2. The van der Waals surface area contributed by atoms with Crippen LogP contribution in [0, 0.1) is 5.41 Å². The maximum absolute atomic E-state index is 11.9. The molecule has 0 aliphatic carbocycles. The monoisotopic (exact) mass is 310 g/mol. The Hall–Kier alpha value is -1.06. The fraction of sp³-hybridized carbons (Fsp3) is 0.588. The third kappa shape index (κ3) is 7.49. The van der Waals surface area contributed by atoms with E-state index in [1.807, 2.05) is 12.1 Å². The van der Waals surface area contributed by atoms with Crippen molar-refractivity contribution in [3.05, 3.63) is 29.3 Å². The quantitative estimate of drug-likeness (QED) is 0.660. The fourth-order valence-electron chi connectivity index (χ4n) is 2.21. The van der Waals surface area contributed by atoms with Gasteiger partial charge >= 0.3 is 0 Å². The number of hydrogen-bond donors (Lipinski definition) is 2. The van der Waals surface area contributed by atoms with E-state index in [9.17, 15) is 4.79 Å². The van der Waals surface area contributed by atoms with Crippen LogP contribution in [-0.2, 0) is 4.79 Å².